The summed E-state index contributed by atoms with van der Waals surface area (Å²) in [5.41, 5.74) is 5.18. The van der Waals surface area contributed by atoms with Crippen molar-refractivity contribution in [1.29, 1.82) is 0 Å². The van der Waals surface area contributed by atoms with Gasteiger partial charge < -0.3 is 15.7 Å². The van der Waals surface area contributed by atoms with Crippen LogP contribution in [0.25, 0.3) is 0 Å². The maximum atomic E-state index is 12.4. The van der Waals surface area contributed by atoms with E-state index in [0.29, 0.717) is 32.4 Å². The minimum Gasteiger partial charge on any atom is -0.481 e. The van der Waals surface area contributed by atoms with Crippen molar-refractivity contribution in [3.05, 3.63) is 0 Å². The minimum atomic E-state index is -0.857. The van der Waals surface area contributed by atoms with Crippen LogP contribution >= 0.6 is 0 Å². The molecule has 112 valence electrons. The number of nitrogens with two attached hydrogens (primary N) is 1. The quantitative estimate of drug-likeness (QED) is 0.788. The van der Waals surface area contributed by atoms with E-state index in [0.717, 1.165) is 19.3 Å². The molecule has 0 aromatic heterocycles. The average Bonchev–Trinajstić information content (AvgIpc) is 2.87. The second-order valence-electron chi connectivity index (χ2n) is 5.92. The Bertz CT molecular complexity index is 402. The van der Waals surface area contributed by atoms with E-state index in [-0.39, 0.29) is 23.7 Å². The van der Waals surface area contributed by atoms with Crippen LogP contribution in [0.3, 0.4) is 0 Å². The summed E-state index contributed by atoms with van der Waals surface area (Å²) < 4.78 is 0. The molecule has 2 rings (SSSR count). The zero-order valence-electron chi connectivity index (χ0n) is 11.6. The smallest absolute Gasteiger partial charge is 0.307 e. The molecule has 3 N–H and O–H groups in total. The van der Waals surface area contributed by atoms with E-state index in [2.05, 4.69) is 0 Å². The fourth-order valence-electron chi connectivity index (χ4n) is 3.43. The zero-order valence-corrected chi connectivity index (χ0v) is 11.6. The fourth-order valence-corrected chi connectivity index (χ4v) is 3.43. The van der Waals surface area contributed by atoms with Gasteiger partial charge in [0.05, 0.1) is 11.8 Å². The van der Waals surface area contributed by atoms with Gasteiger partial charge in [0.25, 0.3) is 0 Å². The average molecular weight is 282 g/mol. The Morgan fingerprint density at radius 2 is 1.65 bits per heavy atom. The highest BCUT2D eigenvalue weighted by Gasteiger charge is 2.40. The lowest BCUT2D eigenvalue weighted by molar-refractivity contribution is -0.149. The van der Waals surface area contributed by atoms with Gasteiger partial charge in [0.1, 0.15) is 0 Å². The number of carboxylic acid groups (broad SMARTS) is 1. The number of primary amides is 1. The highest BCUT2D eigenvalue weighted by Crippen LogP contribution is 2.34. The minimum absolute atomic E-state index is 0.0209. The van der Waals surface area contributed by atoms with E-state index in [9.17, 15) is 14.4 Å². The maximum Gasteiger partial charge on any atom is 0.307 e. The molecule has 2 unspecified atom stereocenters. The van der Waals surface area contributed by atoms with Crippen LogP contribution in [0.4, 0.5) is 0 Å². The fraction of sp³-hybridized carbons (Fsp3) is 0.786. The summed E-state index contributed by atoms with van der Waals surface area (Å²) in [7, 11) is 0. The predicted octanol–water partition coefficient (Wildman–Crippen LogP) is 0.601. The van der Waals surface area contributed by atoms with Crippen LogP contribution in [0.5, 0.6) is 0 Å². The SMILES string of the molecule is NC(=O)CC1CCN(C(=O)C2CCCC2C(=O)O)CC1. The van der Waals surface area contributed by atoms with Gasteiger partial charge in [-0.25, -0.2) is 0 Å². The van der Waals surface area contributed by atoms with Crippen molar-refractivity contribution >= 4 is 17.8 Å². The monoisotopic (exact) mass is 282 g/mol. The van der Waals surface area contributed by atoms with Crippen LogP contribution in [0.15, 0.2) is 0 Å². The number of nitrogens with zero attached hydrogens (tertiary/aromatic N) is 1. The number of aliphatic carboxylic acids is 1. The Kier molecular flexibility index (Phi) is 4.62. The molecular formula is C14H22N2O4. The molecule has 0 radical (unpaired) electrons. The third-order valence-electron chi connectivity index (χ3n) is 4.57. The Morgan fingerprint density at radius 1 is 1.05 bits per heavy atom. The number of carbonyl (C=O) groups excluding carboxylic acids is 2. The predicted molar refractivity (Wildman–Crippen MR) is 71.6 cm³/mol. The lowest BCUT2D eigenvalue weighted by Crippen LogP contribution is -2.44. The van der Waals surface area contributed by atoms with Crippen molar-refractivity contribution in [2.45, 2.75) is 38.5 Å². The Morgan fingerprint density at radius 3 is 2.20 bits per heavy atom. The Labute approximate surface area is 118 Å². The molecule has 1 saturated heterocycles. The van der Waals surface area contributed by atoms with Gasteiger partial charge in [0.2, 0.25) is 11.8 Å². The summed E-state index contributed by atoms with van der Waals surface area (Å²) in [6.07, 6.45) is 4.02. The molecule has 1 aliphatic heterocycles. The largest absolute Gasteiger partial charge is 0.481 e. The number of likely N-dealkylation sites (tertiary alicyclic amines) is 1. The molecule has 0 bridgehead atoms. The number of amides is 2. The van der Waals surface area contributed by atoms with E-state index in [4.69, 9.17) is 10.8 Å². The number of hydrogen-bond donors (Lipinski definition) is 2. The molecule has 6 nitrogen and oxygen atoms in total. The van der Waals surface area contributed by atoms with Crippen molar-refractivity contribution < 1.29 is 19.5 Å². The topological polar surface area (TPSA) is 101 Å². The molecule has 6 heteroatoms. The van der Waals surface area contributed by atoms with Gasteiger partial charge in [0, 0.05) is 19.5 Å². The van der Waals surface area contributed by atoms with Crippen LogP contribution in [0, 0.1) is 17.8 Å². The Hall–Kier alpha value is -1.59. The number of piperidine rings is 1. The first-order valence-corrected chi connectivity index (χ1v) is 7.29. The van der Waals surface area contributed by atoms with Gasteiger partial charge in [0.15, 0.2) is 0 Å². The van der Waals surface area contributed by atoms with E-state index in [1.165, 1.54) is 0 Å². The van der Waals surface area contributed by atoms with Crippen molar-refractivity contribution in [3.63, 3.8) is 0 Å². The van der Waals surface area contributed by atoms with Crippen molar-refractivity contribution in [3.8, 4) is 0 Å². The zero-order chi connectivity index (χ0) is 14.7. The summed E-state index contributed by atoms with van der Waals surface area (Å²) in [6, 6.07) is 0. The first-order chi connectivity index (χ1) is 9.49. The first kappa shape index (κ1) is 14.8. The summed E-state index contributed by atoms with van der Waals surface area (Å²) in [5.74, 6) is -1.80. The Balaban J connectivity index is 1.88. The first-order valence-electron chi connectivity index (χ1n) is 7.29. The lowest BCUT2D eigenvalue weighted by Gasteiger charge is -2.34. The number of carboxylic acids is 1. The van der Waals surface area contributed by atoms with Gasteiger partial charge in [-0.1, -0.05) is 6.42 Å². The molecule has 2 aliphatic rings. The molecule has 0 aromatic rings. The van der Waals surface area contributed by atoms with Gasteiger partial charge >= 0.3 is 5.97 Å². The molecule has 20 heavy (non-hydrogen) atoms. The molecule has 2 amide bonds. The second kappa shape index (κ2) is 6.24. The maximum absolute atomic E-state index is 12.4. The van der Waals surface area contributed by atoms with Crippen molar-refractivity contribution in [1.82, 2.24) is 4.90 Å². The van der Waals surface area contributed by atoms with E-state index >= 15 is 0 Å². The summed E-state index contributed by atoms with van der Waals surface area (Å²) in [5, 5.41) is 9.15. The molecule has 1 saturated carbocycles. The van der Waals surface area contributed by atoms with Gasteiger partial charge in [-0.15, -0.1) is 0 Å². The summed E-state index contributed by atoms with van der Waals surface area (Å²) in [6.45, 7) is 1.22. The molecule has 1 aliphatic carbocycles. The third kappa shape index (κ3) is 3.29. The van der Waals surface area contributed by atoms with E-state index < -0.39 is 11.9 Å². The standard InChI is InChI=1S/C14H22N2O4/c15-12(17)8-9-4-6-16(7-5-9)13(18)10-2-1-3-11(10)14(19)20/h9-11H,1-8H2,(H2,15,17)(H,19,20). The summed E-state index contributed by atoms with van der Waals surface area (Å²) in [4.78, 5) is 36.2. The van der Waals surface area contributed by atoms with Gasteiger partial charge in [-0.3, -0.25) is 14.4 Å². The molecule has 0 spiro atoms. The van der Waals surface area contributed by atoms with Gasteiger partial charge in [-0.2, -0.15) is 0 Å². The van der Waals surface area contributed by atoms with Crippen LogP contribution in [-0.4, -0.2) is 40.9 Å². The molecular weight excluding hydrogens is 260 g/mol. The molecule has 2 fully saturated rings. The van der Waals surface area contributed by atoms with Crippen molar-refractivity contribution in [2.75, 3.05) is 13.1 Å². The van der Waals surface area contributed by atoms with E-state index in [1.54, 1.807) is 4.90 Å². The van der Waals surface area contributed by atoms with Crippen LogP contribution in [0.1, 0.15) is 38.5 Å². The van der Waals surface area contributed by atoms with Gasteiger partial charge in [-0.05, 0) is 31.6 Å². The van der Waals surface area contributed by atoms with Crippen LogP contribution < -0.4 is 5.73 Å². The normalized spacial score (nSPS) is 27.5. The van der Waals surface area contributed by atoms with Crippen LogP contribution in [-0.2, 0) is 14.4 Å². The summed E-state index contributed by atoms with van der Waals surface area (Å²) >= 11 is 0. The number of rotatable bonds is 4. The number of carbonyl (C=O) groups is 3. The van der Waals surface area contributed by atoms with Crippen molar-refractivity contribution in [2.24, 2.45) is 23.5 Å². The molecule has 0 aromatic carbocycles. The molecule has 2 atom stereocenters. The molecule has 1 heterocycles. The second-order valence-corrected chi connectivity index (χ2v) is 5.92. The highest BCUT2D eigenvalue weighted by atomic mass is 16.4. The van der Waals surface area contributed by atoms with E-state index in [1.807, 2.05) is 0 Å². The number of hydrogen-bond acceptors (Lipinski definition) is 3. The van der Waals surface area contributed by atoms with Crippen LogP contribution in [0.2, 0.25) is 0 Å². The lowest BCUT2D eigenvalue weighted by atomic mass is 9.90. The third-order valence-corrected chi connectivity index (χ3v) is 4.57. The highest BCUT2D eigenvalue weighted by molar-refractivity contribution is 5.85.